The first-order valence-corrected chi connectivity index (χ1v) is 7.39. The molecule has 2 N–H and O–H groups in total. The van der Waals surface area contributed by atoms with E-state index in [1.165, 1.54) is 6.92 Å². The summed E-state index contributed by atoms with van der Waals surface area (Å²) in [6.07, 6.45) is 0. The molecule has 0 aliphatic rings. The molecule has 0 saturated carbocycles. The molecule has 0 spiro atoms. The molecule has 0 aliphatic carbocycles. The molecule has 128 valence electrons. The molecule has 2 amide bonds. The number of aryl methyl sites for hydroxylation is 1. The van der Waals surface area contributed by atoms with Crippen molar-refractivity contribution in [1.29, 1.82) is 0 Å². The van der Waals surface area contributed by atoms with E-state index in [-0.39, 0.29) is 18.4 Å². The van der Waals surface area contributed by atoms with E-state index >= 15 is 0 Å². The van der Waals surface area contributed by atoms with E-state index < -0.39 is 0 Å². The predicted molar refractivity (Wildman–Crippen MR) is 87.4 cm³/mol. The van der Waals surface area contributed by atoms with Crippen LogP contribution in [-0.2, 0) is 16.1 Å². The van der Waals surface area contributed by atoms with Gasteiger partial charge in [-0.15, -0.1) is 10.2 Å². The number of carbonyl (C=O) groups is 2. The standard InChI is InChI=1S/C15H15N7O3/c1-9-7-13(20-25-9)17-14(24)8-22-19-15(18-21-22)11-5-3-4-6-12(11)16-10(2)23/h3-7H,8H2,1-2H3,(H,16,23)(H,17,20,24). The quantitative estimate of drug-likeness (QED) is 0.714. The zero-order chi connectivity index (χ0) is 17.8. The van der Waals surface area contributed by atoms with Crippen LogP contribution in [0.1, 0.15) is 12.7 Å². The second kappa shape index (κ2) is 6.91. The van der Waals surface area contributed by atoms with Crippen LogP contribution in [0.5, 0.6) is 0 Å². The Morgan fingerprint density at radius 3 is 2.76 bits per heavy atom. The fourth-order valence-electron chi connectivity index (χ4n) is 2.13. The van der Waals surface area contributed by atoms with Gasteiger partial charge in [0.25, 0.3) is 0 Å². The molecular formula is C15H15N7O3. The van der Waals surface area contributed by atoms with Gasteiger partial charge in [0.2, 0.25) is 17.6 Å². The number of nitrogens with zero attached hydrogens (tertiary/aromatic N) is 5. The molecule has 0 atom stereocenters. The lowest BCUT2D eigenvalue weighted by Crippen LogP contribution is -2.20. The lowest BCUT2D eigenvalue weighted by molar-refractivity contribution is -0.117. The molecule has 3 rings (SSSR count). The largest absolute Gasteiger partial charge is 0.360 e. The summed E-state index contributed by atoms with van der Waals surface area (Å²) in [4.78, 5) is 24.4. The van der Waals surface area contributed by atoms with Crippen LogP contribution in [0.4, 0.5) is 11.5 Å². The maximum Gasteiger partial charge on any atom is 0.249 e. The average Bonchev–Trinajstić information content (AvgIpc) is 3.16. The second-order valence-electron chi connectivity index (χ2n) is 5.24. The Morgan fingerprint density at radius 2 is 2.04 bits per heavy atom. The molecule has 3 aromatic rings. The Labute approximate surface area is 142 Å². The van der Waals surface area contributed by atoms with Gasteiger partial charge in [-0.2, -0.15) is 4.80 Å². The van der Waals surface area contributed by atoms with E-state index in [2.05, 4.69) is 31.2 Å². The molecule has 0 aliphatic heterocycles. The molecule has 1 aromatic carbocycles. The molecule has 0 radical (unpaired) electrons. The van der Waals surface area contributed by atoms with Crippen LogP contribution in [0.2, 0.25) is 0 Å². The lowest BCUT2D eigenvalue weighted by atomic mass is 10.1. The Balaban J connectivity index is 1.72. The summed E-state index contributed by atoms with van der Waals surface area (Å²) in [6, 6.07) is 8.66. The summed E-state index contributed by atoms with van der Waals surface area (Å²) in [6.45, 7) is 3.00. The van der Waals surface area contributed by atoms with Crippen LogP contribution < -0.4 is 10.6 Å². The van der Waals surface area contributed by atoms with Crippen molar-refractivity contribution in [3.05, 3.63) is 36.1 Å². The molecule has 25 heavy (non-hydrogen) atoms. The van der Waals surface area contributed by atoms with Crippen molar-refractivity contribution in [2.75, 3.05) is 10.6 Å². The molecule has 0 saturated heterocycles. The monoisotopic (exact) mass is 341 g/mol. The maximum absolute atomic E-state index is 12.0. The molecule has 0 bridgehead atoms. The van der Waals surface area contributed by atoms with E-state index in [1.807, 2.05) is 0 Å². The number of nitrogens with one attached hydrogen (secondary N) is 2. The smallest absolute Gasteiger partial charge is 0.249 e. The first-order chi connectivity index (χ1) is 12.0. The number of hydrogen-bond donors (Lipinski definition) is 2. The Bertz CT molecular complexity index is 915. The predicted octanol–water partition coefficient (Wildman–Crippen LogP) is 1.23. The van der Waals surface area contributed by atoms with E-state index in [0.717, 1.165) is 4.80 Å². The van der Waals surface area contributed by atoms with Crippen molar-refractivity contribution in [2.24, 2.45) is 0 Å². The fraction of sp³-hybridized carbons (Fsp3) is 0.200. The number of benzene rings is 1. The first kappa shape index (κ1) is 16.3. The van der Waals surface area contributed by atoms with E-state index in [4.69, 9.17) is 4.52 Å². The van der Waals surface area contributed by atoms with Crippen LogP contribution >= 0.6 is 0 Å². The normalized spacial score (nSPS) is 10.5. The van der Waals surface area contributed by atoms with Crippen molar-refractivity contribution in [2.45, 2.75) is 20.4 Å². The third-order valence-corrected chi connectivity index (χ3v) is 3.11. The Hall–Kier alpha value is -3.56. The third-order valence-electron chi connectivity index (χ3n) is 3.11. The lowest BCUT2D eigenvalue weighted by Gasteiger charge is -2.05. The average molecular weight is 341 g/mol. The second-order valence-corrected chi connectivity index (χ2v) is 5.24. The van der Waals surface area contributed by atoms with Gasteiger partial charge in [-0.05, 0) is 24.3 Å². The molecule has 0 unspecified atom stereocenters. The number of para-hydroxylation sites is 1. The molecule has 10 nitrogen and oxygen atoms in total. The number of carbonyl (C=O) groups excluding carboxylic acids is 2. The summed E-state index contributed by atoms with van der Waals surface area (Å²) in [7, 11) is 0. The summed E-state index contributed by atoms with van der Waals surface area (Å²) >= 11 is 0. The highest BCUT2D eigenvalue weighted by atomic mass is 16.5. The molecule has 2 aromatic heterocycles. The van der Waals surface area contributed by atoms with Crippen molar-refractivity contribution < 1.29 is 14.1 Å². The molecule has 2 heterocycles. The number of anilines is 2. The zero-order valence-electron chi connectivity index (χ0n) is 13.6. The van der Waals surface area contributed by atoms with E-state index in [0.29, 0.717) is 28.7 Å². The van der Waals surface area contributed by atoms with E-state index in [9.17, 15) is 9.59 Å². The highest BCUT2D eigenvalue weighted by Crippen LogP contribution is 2.24. The molecular weight excluding hydrogens is 326 g/mol. The number of aromatic nitrogens is 5. The molecule has 10 heteroatoms. The van der Waals surface area contributed by atoms with Crippen LogP contribution in [0.15, 0.2) is 34.9 Å². The van der Waals surface area contributed by atoms with Gasteiger partial charge in [-0.1, -0.05) is 17.3 Å². The Kier molecular flexibility index (Phi) is 4.50. The number of amides is 2. The fourth-order valence-corrected chi connectivity index (χ4v) is 2.13. The van der Waals surface area contributed by atoms with Crippen molar-refractivity contribution in [3.63, 3.8) is 0 Å². The van der Waals surface area contributed by atoms with Gasteiger partial charge in [0.15, 0.2) is 5.82 Å². The summed E-state index contributed by atoms with van der Waals surface area (Å²) in [5, 5.41) is 20.9. The number of rotatable bonds is 5. The minimum absolute atomic E-state index is 0.138. The van der Waals surface area contributed by atoms with Gasteiger partial charge < -0.3 is 15.2 Å². The maximum atomic E-state index is 12.0. The first-order valence-electron chi connectivity index (χ1n) is 7.39. The van der Waals surface area contributed by atoms with Crippen LogP contribution in [-0.4, -0.2) is 37.2 Å². The van der Waals surface area contributed by atoms with Gasteiger partial charge in [-0.3, -0.25) is 9.59 Å². The van der Waals surface area contributed by atoms with Gasteiger partial charge in [0, 0.05) is 18.6 Å². The van der Waals surface area contributed by atoms with Crippen LogP contribution in [0.3, 0.4) is 0 Å². The van der Waals surface area contributed by atoms with Crippen molar-refractivity contribution in [1.82, 2.24) is 25.4 Å². The summed E-state index contributed by atoms with van der Waals surface area (Å²) in [5.74, 6) is 0.633. The highest BCUT2D eigenvalue weighted by Gasteiger charge is 2.14. The number of hydrogen-bond acceptors (Lipinski definition) is 7. The van der Waals surface area contributed by atoms with Gasteiger partial charge in [0.1, 0.15) is 12.3 Å². The minimum atomic E-state index is -0.368. The zero-order valence-corrected chi connectivity index (χ0v) is 13.6. The van der Waals surface area contributed by atoms with Gasteiger partial charge in [-0.25, -0.2) is 0 Å². The van der Waals surface area contributed by atoms with Gasteiger partial charge >= 0.3 is 0 Å². The number of tetrazole rings is 1. The summed E-state index contributed by atoms with van der Waals surface area (Å²) < 4.78 is 4.87. The summed E-state index contributed by atoms with van der Waals surface area (Å²) in [5.41, 5.74) is 1.17. The van der Waals surface area contributed by atoms with Gasteiger partial charge in [0.05, 0.1) is 5.69 Å². The van der Waals surface area contributed by atoms with E-state index in [1.54, 1.807) is 37.3 Å². The van der Waals surface area contributed by atoms with Crippen LogP contribution in [0, 0.1) is 6.92 Å². The molecule has 0 fully saturated rings. The van der Waals surface area contributed by atoms with Crippen LogP contribution in [0.25, 0.3) is 11.4 Å². The van der Waals surface area contributed by atoms with Crippen molar-refractivity contribution >= 4 is 23.3 Å². The topological polar surface area (TPSA) is 128 Å². The minimum Gasteiger partial charge on any atom is -0.360 e. The Morgan fingerprint density at radius 1 is 1.24 bits per heavy atom. The van der Waals surface area contributed by atoms with Crippen molar-refractivity contribution in [3.8, 4) is 11.4 Å². The third kappa shape index (κ3) is 4.05. The highest BCUT2D eigenvalue weighted by molar-refractivity contribution is 5.93. The SMILES string of the molecule is CC(=O)Nc1ccccc1-c1nnn(CC(=O)Nc2cc(C)on2)n1.